The molecule has 0 fully saturated rings. The van der Waals surface area contributed by atoms with Crippen LogP contribution in [0.25, 0.3) is 0 Å². The van der Waals surface area contributed by atoms with E-state index in [9.17, 15) is 4.39 Å². The van der Waals surface area contributed by atoms with Gasteiger partial charge in [-0.05, 0) is 43.4 Å². The molecular weight excluding hydrogens is 229 g/mol. The Morgan fingerprint density at radius 2 is 2.11 bits per heavy atom. The molecule has 1 aliphatic carbocycles. The summed E-state index contributed by atoms with van der Waals surface area (Å²) in [5.41, 5.74) is 8.45. The average Bonchev–Trinajstić information content (AvgIpc) is 2.67. The van der Waals surface area contributed by atoms with Crippen molar-refractivity contribution in [3.8, 4) is 5.75 Å². The molecule has 1 atom stereocenters. The quantitative estimate of drug-likeness (QED) is 0.828. The molecule has 2 rings (SSSR count). The molecule has 1 aliphatic rings. The van der Waals surface area contributed by atoms with Gasteiger partial charge in [-0.1, -0.05) is 24.1 Å². The van der Waals surface area contributed by atoms with Crippen molar-refractivity contribution in [2.75, 3.05) is 7.11 Å². The van der Waals surface area contributed by atoms with Gasteiger partial charge < -0.3 is 10.5 Å². The summed E-state index contributed by atoms with van der Waals surface area (Å²) in [6, 6.07) is 4.73. The van der Waals surface area contributed by atoms with Crippen molar-refractivity contribution in [2.45, 2.75) is 38.1 Å². The van der Waals surface area contributed by atoms with Crippen LogP contribution in [0.5, 0.6) is 5.75 Å². The zero-order valence-corrected chi connectivity index (χ0v) is 10.8. The Kier molecular flexibility index (Phi) is 4.37. The zero-order chi connectivity index (χ0) is 13.0. The van der Waals surface area contributed by atoms with Crippen LogP contribution in [0.2, 0.25) is 0 Å². The number of methoxy groups -OCH3 is 1. The molecule has 0 amide bonds. The van der Waals surface area contributed by atoms with E-state index in [1.807, 2.05) is 0 Å². The predicted octanol–water partition coefficient (Wildman–Crippen LogP) is 3.72. The second-order valence-corrected chi connectivity index (χ2v) is 4.75. The largest absolute Gasteiger partial charge is 0.494 e. The number of rotatable bonds is 3. The Balaban J connectivity index is 2.22. The first-order chi connectivity index (χ1) is 8.72. The number of halogens is 1. The lowest BCUT2D eigenvalue weighted by Gasteiger charge is -2.16. The molecule has 0 saturated heterocycles. The monoisotopic (exact) mass is 249 g/mol. The Bertz CT molecular complexity index is 442. The van der Waals surface area contributed by atoms with E-state index in [4.69, 9.17) is 10.5 Å². The van der Waals surface area contributed by atoms with E-state index in [1.165, 1.54) is 38.0 Å². The molecule has 18 heavy (non-hydrogen) atoms. The van der Waals surface area contributed by atoms with E-state index in [0.29, 0.717) is 0 Å². The summed E-state index contributed by atoms with van der Waals surface area (Å²) in [5, 5.41) is 0. The third-order valence-electron chi connectivity index (χ3n) is 3.51. The third-order valence-corrected chi connectivity index (χ3v) is 3.51. The standard InChI is InChI=1S/C15H20FNO/c1-18-14-10-12(8-9-13(14)16)15(17)11-6-4-2-3-5-7-11/h6,8-10,15H,2-5,7,17H2,1H3. The van der Waals surface area contributed by atoms with Gasteiger partial charge in [-0.3, -0.25) is 0 Å². The molecule has 0 heterocycles. The van der Waals surface area contributed by atoms with Gasteiger partial charge in [0.25, 0.3) is 0 Å². The predicted molar refractivity (Wildman–Crippen MR) is 71.0 cm³/mol. The van der Waals surface area contributed by atoms with Gasteiger partial charge in [0.1, 0.15) is 0 Å². The minimum atomic E-state index is -0.344. The molecule has 0 spiro atoms. The summed E-state index contributed by atoms with van der Waals surface area (Å²) in [7, 11) is 1.47. The Morgan fingerprint density at radius 3 is 2.89 bits per heavy atom. The van der Waals surface area contributed by atoms with Gasteiger partial charge >= 0.3 is 0 Å². The number of hydrogen-bond donors (Lipinski definition) is 1. The first-order valence-electron chi connectivity index (χ1n) is 6.50. The molecule has 3 heteroatoms. The number of benzene rings is 1. The van der Waals surface area contributed by atoms with E-state index >= 15 is 0 Å². The van der Waals surface area contributed by atoms with Crippen molar-refractivity contribution in [1.29, 1.82) is 0 Å². The molecule has 0 radical (unpaired) electrons. The van der Waals surface area contributed by atoms with Crippen LogP contribution in [0.3, 0.4) is 0 Å². The van der Waals surface area contributed by atoms with Crippen LogP contribution in [0.15, 0.2) is 29.8 Å². The molecule has 0 aliphatic heterocycles. The topological polar surface area (TPSA) is 35.2 Å². The second-order valence-electron chi connectivity index (χ2n) is 4.75. The van der Waals surface area contributed by atoms with Crippen molar-refractivity contribution in [1.82, 2.24) is 0 Å². The van der Waals surface area contributed by atoms with E-state index in [-0.39, 0.29) is 17.6 Å². The molecule has 1 aromatic carbocycles. The highest BCUT2D eigenvalue weighted by Crippen LogP contribution is 2.30. The number of ether oxygens (including phenoxy) is 1. The van der Waals surface area contributed by atoms with E-state index in [1.54, 1.807) is 12.1 Å². The number of hydrogen-bond acceptors (Lipinski definition) is 2. The summed E-state index contributed by atoms with van der Waals surface area (Å²) >= 11 is 0. The minimum absolute atomic E-state index is 0.141. The molecule has 98 valence electrons. The van der Waals surface area contributed by atoms with Crippen LogP contribution in [-0.4, -0.2) is 7.11 Å². The second kappa shape index (κ2) is 6.01. The number of allylic oxidation sites excluding steroid dienone is 1. The summed E-state index contributed by atoms with van der Waals surface area (Å²) in [5.74, 6) is -0.0829. The van der Waals surface area contributed by atoms with Crippen molar-refractivity contribution in [3.05, 3.63) is 41.2 Å². The van der Waals surface area contributed by atoms with Gasteiger partial charge in [-0.15, -0.1) is 0 Å². The normalized spacial score (nSPS) is 17.8. The van der Waals surface area contributed by atoms with Crippen LogP contribution < -0.4 is 10.5 Å². The maximum Gasteiger partial charge on any atom is 0.165 e. The SMILES string of the molecule is COc1cc(C(N)C2=CCCCCC2)ccc1F. The van der Waals surface area contributed by atoms with Crippen LogP contribution in [0.4, 0.5) is 4.39 Å². The van der Waals surface area contributed by atoms with Gasteiger partial charge in [-0.25, -0.2) is 4.39 Å². The molecular formula is C15H20FNO. The maximum atomic E-state index is 13.4. The fraction of sp³-hybridized carbons (Fsp3) is 0.467. The lowest BCUT2D eigenvalue weighted by Crippen LogP contribution is -2.13. The zero-order valence-electron chi connectivity index (χ0n) is 10.8. The molecule has 0 bridgehead atoms. The van der Waals surface area contributed by atoms with Crippen LogP contribution in [0.1, 0.15) is 43.7 Å². The third kappa shape index (κ3) is 2.91. The summed E-state index contributed by atoms with van der Waals surface area (Å²) in [4.78, 5) is 0. The van der Waals surface area contributed by atoms with E-state index in [2.05, 4.69) is 6.08 Å². The van der Waals surface area contributed by atoms with Crippen LogP contribution in [-0.2, 0) is 0 Å². The lowest BCUT2D eigenvalue weighted by atomic mass is 9.96. The molecule has 0 saturated carbocycles. The van der Waals surface area contributed by atoms with E-state index < -0.39 is 0 Å². The van der Waals surface area contributed by atoms with Crippen molar-refractivity contribution in [3.63, 3.8) is 0 Å². The number of nitrogens with two attached hydrogens (primary N) is 1. The van der Waals surface area contributed by atoms with E-state index in [0.717, 1.165) is 18.4 Å². The highest BCUT2D eigenvalue weighted by Gasteiger charge is 2.15. The Morgan fingerprint density at radius 1 is 1.28 bits per heavy atom. The van der Waals surface area contributed by atoms with Gasteiger partial charge in [-0.2, -0.15) is 0 Å². The fourth-order valence-electron chi connectivity index (χ4n) is 2.41. The molecule has 2 N–H and O–H groups in total. The minimum Gasteiger partial charge on any atom is -0.494 e. The van der Waals surface area contributed by atoms with Crippen molar-refractivity contribution < 1.29 is 9.13 Å². The van der Waals surface area contributed by atoms with Crippen LogP contribution in [0, 0.1) is 5.82 Å². The summed E-state index contributed by atoms with van der Waals surface area (Å²) in [6.45, 7) is 0. The van der Waals surface area contributed by atoms with Gasteiger partial charge in [0.2, 0.25) is 0 Å². The first kappa shape index (κ1) is 13.1. The highest BCUT2D eigenvalue weighted by atomic mass is 19.1. The summed E-state index contributed by atoms with van der Waals surface area (Å²) in [6.07, 6.45) is 8.08. The molecule has 1 unspecified atom stereocenters. The summed E-state index contributed by atoms with van der Waals surface area (Å²) < 4.78 is 18.4. The maximum absolute atomic E-state index is 13.4. The van der Waals surface area contributed by atoms with Gasteiger partial charge in [0, 0.05) is 0 Å². The smallest absolute Gasteiger partial charge is 0.165 e. The fourth-order valence-corrected chi connectivity index (χ4v) is 2.41. The lowest BCUT2D eigenvalue weighted by molar-refractivity contribution is 0.385. The van der Waals surface area contributed by atoms with Crippen molar-refractivity contribution >= 4 is 0 Å². The molecule has 2 nitrogen and oxygen atoms in total. The molecule has 1 aromatic rings. The van der Waals surface area contributed by atoms with Crippen molar-refractivity contribution in [2.24, 2.45) is 5.73 Å². The highest BCUT2D eigenvalue weighted by molar-refractivity contribution is 5.36. The van der Waals surface area contributed by atoms with Crippen LogP contribution >= 0.6 is 0 Å². The average molecular weight is 249 g/mol. The van der Waals surface area contributed by atoms with Gasteiger partial charge in [0.15, 0.2) is 11.6 Å². The van der Waals surface area contributed by atoms with Gasteiger partial charge in [0.05, 0.1) is 13.2 Å². The first-order valence-corrected chi connectivity index (χ1v) is 6.50. The molecule has 0 aromatic heterocycles. The Hall–Kier alpha value is -1.35. The Labute approximate surface area is 108 Å².